The summed E-state index contributed by atoms with van der Waals surface area (Å²) in [6.07, 6.45) is 7.61. The van der Waals surface area contributed by atoms with Crippen molar-refractivity contribution in [3.63, 3.8) is 0 Å². The topological polar surface area (TPSA) is 84.9 Å². The molecule has 194 valence electrons. The number of halogens is 1. The Morgan fingerprint density at radius 1 is 0.892 bits per heavy atom. The Labute approximate surface area is 226 Å². The second-order valence-corrected chi connectivity index (χ2v) is 10.5. The van der Waals surface area contributed by atoms with E-state index < -0.39 is 5.97 Å². The van der Waals surface area contributed by atoms with Crippen molar-refractivity contribution in [3.05, 3.63) is 82.3 Å². The van der Waals surface area contributed by atoms with Crippen LogP contribution >= 0.6 is 15.9 Å². The Bertz CT molecular complexity index is 1200. The number of benzene rings is 3. The summed E-state index contributed by atoms with van der Waals surface area (Å²) in [5.41, 5.74) is 1.06. The largest absolute Gasteiger partial charge is 0.490 e. The highest BCUT2D eigenvalue weighted by Gasteiger charge is 2.17. The molecule has 0 atom stereocenters. The number of amides is 1. The van der Waals surface area contributed by atoms with Crippen LogP contribution < -0.4 is 14.8 Å². The molecule has 0 aliphatic heterocycles. The summed E-state index contributed by atoms with van der Waals surface area (Å²) in [7, 11) is 0. The summed E-state index contributed by atoms with van der Waals surface area (Å²) >= 11 is 3.30. The van der Waals surface area contributed by atoms with Gasteiger partial charge in [-0.25, -0.2) is 4.79 Å². The minimum Gasteiger partial charge on any atom is -0.490 e. The monoisotopic (exact) mass is 565 g/mol. The summed E-state index contributed by atoms with van der Waals surface area (Å²) in [4.78, 5) is 24.0. The Balaban J connectivity index is 1.29. The molecule has 1 amide bonds. The van der Waals surface area contributed by atoms with Gasteiger partial charge in [-0.05, 0) is 102 Å². The van der Waals surface area contributed by atoms with Gasteiger partial charge in [0, 0.05) is 4.47 Å². The lowest BCUT2D eigenvalue weighted by atomic mass is 9.91. The number of carbonyl (C=O) groups is 2. The fourth-order valence-corrected chi connectivity index (χ4v) is 5.05. The summed E-state index contributed by atoms with van der Waals surface area (Å²) in [5, 5.41) is 12.1. The van der Waals surface area contributed by atoms with Gasteiger partial charge in [0.2, 0.25) is 5.91 Å². The molecule has 0 saturated heterocycles. The first-order valence-electron chi connectivity index (χ1n) is 12.7. The van der Waals surface area contributed by atoms with E-state index in [4.69, 9.17) is 9.47 Å². The molecule has 0 radical (unpaired) electrons. The zero-order valence-corrected chi connectivity index (χ0v) is 22.5. The first-order valence-corrected chi connectivity index (χ1v) is 13.5. The minimum atomic E-state index is -1.10. The number of para-hydroxylation sites is 1. The van der Waals surface area contributed by atoms with Crippen LogP contribution in [0.25, 0.3) is 0 Å². The van der Waals surface area contributed by atoms with Crippen molar-refractivity contribution in [2.24, 2.45) is 5.92 Å². The lowest BCUT2D eigenvalue weighted by molar-refractivity contribution is -0.115. The SMILES string of the molecule is CC1CCCC(Oc2ccc(Oc3ccc(CC(=O)Nc4c(Br)cccc4C(=O)O)cc3)cc2)CCC1. The zero-order valence-electron chi connectivity index (χ0n) is 20.9. The van der Waals surface area contributed by atoms with Gasteiger partial charge in [0.05, 0.1) is 23.8 Å². The second-order valence-electron chi connectivity index (χ2n) is 9.62. The van der Waals surface area contributed by atoms with Gasteiger partial charge in [-0.2, -0.15) is 0 Å². The summed E-state index contributed by atoms with van der Waals surface area (Å²) in [6.45, 7) is 2.34. The zero-order chi connectivity index (χ0) is 26.2. The standard InChI is InChI=1S/C30H32BrNO5/c1-20-5-2-7-22(8-3-6-20)36-24-15-17-25(18-16-24)37-23-13-11-21(12-14-23)19-28(33)32-29-26(30(34)35)9-4-10-27(29)31/h4,9-18,20,22H,2-3,5-8,19H2,1H3,(H,32,33)(H,34,35). The third kappa shape index (κ3) is 7.83. The first kappa shape index (κ1) is 26.7. The van der Waals surface area contributed by atoms with Gasteiger partial charge in [-0.15, -0.1) is 0 Å². The normalized spacial score (nSPS) is 17.8. The predicted molar refractivity (Wildman–Crippen MR) is 148 cm³/mol. The summed E-state index contributed by atoms with van der Waals surface area (Å²) < 4.78 is 12.7. The fraction of sp³-hybridized carbons (Fsp3) is 0.333. The van der Waals surface area contributed by atoms with Gasteiger partial charge in [0.1, 0.15) is 17.2 Å². The number of rotatable bonds is 8. The molecule has 1 saturated carbocycles. The minimum absolute atomic E-state index is 0.0298. The van der Waals surface area contributed by atoms with Crippen LogP contribution in [0.3, 0.4) is 0 Å². The molecule has 1 aliphatic rings. The molecule has 0 unspecified atom stereocenters. The van der Waals surface area contributed by atoms with Crippen LogP contribution in [0.2, 0.25) is 0 Å². The molecule has 6 nitrogen and oxygen atoms in total. The number of carbonyl (C=O) groups excluding carboxylic acids is 1. The second kappa shape index (κ2) is 12.8. The molecule has 2 N–H and O–H groups in total. The Morgan fingerprint density at radius 3 is 2.11 bits per heavy atom. The van der Waals surface area contributed by atoms with Crippen molar-refractivity contribution in [1.29, 1.82) is 0 Å². The molecular weight excluding hydrogens is 534 g/mol. The van der Waals surface area contributed by atoms with E-state index in [0.29, 0.717) is 16.0 Å². The molecular formula is C30H32BrNO5. The average molecular weight is 566 g/mol. The number of hydrogen-bond donors (Lipinski definition) is 2. The molecule has 7 heteroatoms. The number of hydrogen-bond acceptors (Lipinski definition) is 4. The van der Waals surface area contributed by atoms with Crippen molar-refractivity contribution in [2.75, 3.05) is 5.32 Å². The maximum absolute atomic E-state index is 12.5. The number of anilines is 1. The van der Waals surface area contributed by atoms with Gasteiger partial charge < -0.3 is 19.9 Å². The lowest BCUT2D eigenvalue weighted by Crippen LogP contribution is -2.19. The molecule has 37 heavy (non-hydrogen) atoms. The van der Waals surface area contributed by atoms with Crippen molar-refractivity contribution in [1.82, 2.24) is 0 Å². The number of nitrogens with one attached hydrogen (secondary N) is 1. The van der Waals surface area contributed by atoms with Gasteiger partial charge in [-0.1, -0.05) is 38.0 Å². The maximum Gasteiger partial charge on any atom is 0.337 e. The Kier molecular flexibility index (Phi) is 9.23. The van der Waals surface area contributed by atoms with Gasteiger partial charge in [-0.3, -0.25) is 4.79 Å². The van der Waals surface area contributed by atoms with Crippen LogP contribution in [0.4, 0.5) is 5.69 Å². The average Bonchev–Trinajstić information content (AvgIpc) is 2.86. The summed E-state index contributed by atoms with van der Waals surface area (Å²) in [5.74, 6) is 1.64. The van der Waals surface area contributed by atoms with E-state index >= 15 is 0 Å². The van der Waals surface area contributed by atoms with Crippen LogP contribution in [0.15, 0.2) is 71.2 Å². The van der Waals surface area contributed by atoms with E-state index in [1.54, 1.807) is 12.1 Å². The molecule has 0 bridgehead atoms. The van der Waals surface area contributed by atoms with Crippen LogP contribution in [-0.4, -0.2) is 23.1 Å². The Morgan fingerprint density at radius 2 is 1.49 bits per heavy atom. The van der Waals surface area contributed by atoms with E-state index in [2.05, 4.69) is 28.2 Å². The molecule has 3 aromatic rings. The van der Waals surface area contributed by atoms with Gasteiger partial charge >= 0.3 is 5.97 Å². The summed E-state index contributed by atoms with van der Waals surface area (Å²) in [6, 6.07) is 19.7. The quantitative estimate of drug-likeness (QED) is 0.290. The van der Waals surface area contributed by atoms with E-state index in [-0.39, 0.29) is 29.7 Å². The van der Waals surface area contributed by atoms with Crippen molar-refractivity contribution < 1.29 is 24.2 Å². The molecule has 1 aliphatic carbocycles. The number of aromatic carboxylic acids is 1. The molecule has 0 aromatic heterocycles. The highest BCUT2D eigenvalue weighted by atomic mass is 79.9. The van der Waals surface area contributed by atoms with Gasteiger partial charge in [0.25, 0.3) is 0 Å². The fourth-order valence-electron chi connectivity index (χ4n) is 4.58. The Hall–Kier alpha value is -3.32. The van der Waals surface area contributed by atoms with Crippen LogP contribution in [0, 0.1) is 5.92 Å². The van der Waals surface area contributed by atoms with Crippen molar-refractivity contribution >= 4 is 33.5 Å². The van der Waals surface area contributed by atoms with E-state index in [1.165, 1.54) is 31.7 Å². The molecule has 0 heterocycles. The van der Waals surface area contributed by atoms with E-state index in [1.807, 2.05) is 48.5 Å². The molecule has 0 spiro atoms. The highest BCUT2D eigenvalue weighted by Crippen LogP contribution is 2.29. The van der Waals surface area contributed by atoms with Crippen LogP contribution in [0.5, 0.6) is 17.2 Å². The van der Waals surface area contributed by atoms with Crippen molar-refractivity contribution in [2.45, 2.75) is 58.0 Å². The third-order valence-electron chi connectivity index (χ3n) is 6.60. The predicted octanol–water partition coefficient (Wildman–Crippen LogP) is 7.86. The van der Waals surface area contributed by atoms with E-state index in [9.17, 15) is 14.7 Å². The molecule has 1 fully saturated rings. The third-order valence-corrected chi connectivity index (χ3v) is 7.27. The molecule has 3 aromatic carbocycles. The number of carboxylic acid groups (broad SMARTS) is 1. The smallest absolute Gasteiger partial charge is 0.337 e. The van der Waals surface area contributed by atoms with Crippen molar-refractivity contribution in [3.8, 4) is 17.2 Å². The molecule has 4 rings (SSSR count). The number of ether oxygens (including phenoxy) is 2. The first-order chi connectivity index (χ1) is 17.9. The maximum atomic E-state index is 12.5. The van der Waals surface area contributed by atoms with Gasteiger partial charge in [0.15, 0.2) is 0 Å². The van der Waals surface area contributed by atoms with E-state index in [0.717, 1.165) is 30.1 Å². The van der Waals surface area contributed by atoms with Crippen LogP contribution in [0.1, 0.15) is 61.4 Å². The van der Waals surface area contributed by atoms with Crippen LogP contribution in [-0.2, 0) is 11.2 Å². The highest BCUT2D eigenvalue weighted by molar-refractivity contribution is 9.10. The lowest BCUT2D eigenvalue weighted by Gasteiger charge is -2.23. The number of carboxylic acids is 1.